The molecule has 2 atom stereocenters. The van der Waals surface area contributed by atoms with Crippen molar-refractivity contribution in [3.8, 4) is 0 Å². The van der Waals surface area contributed by atoms with Crippen molar-refractivity contribution in [1.82, 2.24) is 9.88 Å². The molecule has 4 heteroatoms. The molecule has 1 N–H and O–H groups in total. The maximum atomic E-state index is 12.7. The van der Waals surface area contributed by atoms with Gasteiger partial charge in [-0.1, -0.05) is 6.07 Å². The van der Waals surface area contributed by atoms with Crippen LogP contribution in [0.5, 0.6) is 0 Å². The maximum absolute atomic E-state index is 12.7. The zero-order valence-electron chi connectivity index (χ0n) is 11.2. The fraction of sp³-hybridized carbons (Fsp3) is 0.400. The summed E-state index contributed by atoms with van der Waals surface area (Å²) in [5.74, 6) is 0.0906. The van der Waals surface area contributed by atoms with Crippen LogP contribution in [0.25, 0.3) is 10.9 Å². The Kier molecular flexibility index (Phi) is 3.03. The fourth-order valence-electron chi connectivity index (χ4n) is 2.65. The minimum atomic E-state index is 0.0862. The van der Waals surface area contributed by atoms with Gasteiger partial charge in [0.05, 0.1) is 18.8 Å². The number of H-pyrrole nitrogens is 1. The van der Waals surface area contributed by atoms with Crippen molar-refractivity contribution in [2.24, 2.45) is 0 Å². The molecule has 0 aliphatic carbocycles. The predicted molar refractivity (Wildman–Crippen MR) is 74.2 cm³/mol. The normalized spacial score (nSPS) is 23.8. The molecule has 0 radical (unpaired) electrons. The molecular formula is C15H18N2O2. The number of carbonyl (C=O) groups is 1. The molecule has 1 amide bonds. The Labute approximate surface area is 112 Å². The summed E-state index contributed by atoms with van der Waals surface area (Å²) >= 11 is 0. The summed E-state index contributed by atoms with van der Waals surface area (Å²) < 4.78 is 5.58. The van der Waals surface area contributed by atoms with E-state index in [-0.39, 0.29) is 18.1 Å². The number of rotatable bonds is 1. The summed E-state index contributed by atoms with van der Waals surface area (Å²) in [6.07, 6.45) is 1.95. The van der Waals surface area contributed by atoms with Gasteiger partial charge in [0.1, 0.15) is 0 Å². The molecule has 1 saturated heterocycles. The third-order valence-electron chi connectivity index (χ3n) is 3.97. The Morgan fingerprint density at radius 2 is 2.21 bits per heavy atom. The van der Waals surface area contributed by atoms with Crippen molar-refractivity contribution < 1.29 is 9.53 Å². The van der Waals surface area contributed by atoms with Gasteiger partial charge in [0.25, 0.3) is 5.91 Å². The Balaban J connectivity index is 1.97. The number of carbonyl (C=O) groups excluding carboxylic acids is 1. The van der Waals surface area contributed by atoms with E-state index in [9.17, 15) is 4.79 Å². The number of nitrogens with zero attached hydrogens (tertiary/aromatic N) is 1. The first-order chi connectivity index (χ1) is 9.18. The number of aromatic amines is 1. The van der Waals surface area contributed by atoms with Crippen molar-refractivity contribution in [2.45, 2.75) is 26.0 Å². The summed E-state index contributed by atoms with van der Waals surface area (Å²) in [4.78, 5) is 17.8. The van der Waals surface area contributed by atoms with Crippen LogP contribution >= 0.6 is 0 Å². The molecule has 1 fully saturated rings. The summed E-state index contributed by atoms with van der Waals surface area (Å²) in [6.45, 7) is 5.32. The van der Waals surface area contributed by atoms with Crippen LogP contribution in [-0.4, -0.2) is 41.1 Å². The lowest BCUT2D eigenvalue weighted by Crippen LogP contribution is -2.51. The molecule has 1 aromatic carbocycles. The van der Waals surface area contributed by atoms with Gasteiger partial charge < -0.3 is 14.6 Å². The molecule has 2 aromatic rings. The van der Waals surface area contributed by atoms with Gasteiger partial charge in [-0.15, -0.1) is 0 Å². The Hall–Kier alpha value is -1.81. The summed E-state index contributed by atoms with van der Waals surface area (Å²) in [6, 6.07) is 7.86. The quantitative estimate of drug-likeness (QED) is 0.853. The molecule has 2 heterocycles. The van der Waals surface area contributed by atoms with Crippen molar-refractivity contribution in [3.05, 3.63) is 36.0 Å². The largest absolute Gasteiger partial charge is 0.375 e. The van der Waals surface area contributed by atoms with E-state index in [1.54, 1.807) is 0 Å². The third kappa shape index (κ3) is 2.02. The zero-order chi connectivity index (χ0) is 13.4. The molecule has 100 valence electrons. The molecule has 19 heavy (non-hydrogen) atoms. The standard InChI is InChI=1S/C15H18N2O2/c1-10-11(2)19-9-8-17(10)15(18)13-4-3-5-14-12(13)6-7-16-14/h3-7,10-11,16H,8-9H2,1-2H3. The van der Waals surface area contributed by atoms with Crippen LogP contribution < -0.4 is 0 Å². The van der Waals surface area contributed by atoms with Crippen molar-refractivity contribution in [2.75, 3.05) is 13.2 Å². The number of morpholine rings is 1. The molecule has 1 aliphatic heterocycles. The molecule has 3 rings (SSSR count). The van der Waals surface area contributed by atoms with Crippen LogP contribution in [0.3, 0.4) is 0 Å². The zero-order valence-corrected chi connectivity index (χ0v) is 11.2. The van der Waals surface area contributed by atoms with Crippen LogP contribution in [0, 0.1) is 0 Å². The van der Waals surface area contributed by atoms with Crippen molar-refractivity contribution in [1.29, 1.82) is 0 Å². The Morgan fingerprint density at radius 1 is 1.37 bits per heavy atom. The average molecular weight is 258 g/mol. The molecule has 1 aromatic heterocycles. The van der Waals surface area contributed by atoms with Crippen LogP contribution in [0.2, 0.25) is 0 Å². The topological polar surface area (TPSA) is 45.3 Å². The number of nitrogens with one attached hydrogen (secondary N) is 1. The lowest BCUT2D eigenvalue weighted by Gasteiger charge is -2.38. The van der Waals surface area contributed by atoms with Crippen molar-refractivity contribution >= 4 is 16.8 Å². The average Bonchev–Trinajstić information content (AvgIpc) is 2.89. The van der Waals surface area contributed by atoms with Gasteiger partial charge in [0, 0.05) is 29.2 Å². The lowest BCUT2D eigenvalue weighted by atomic mass is 10.1. The summed E-state index contributed by atoms with van der Waals surface area (Å²) in [7, 11) is 0. The third-order valence-corrected chi connectivity index (χ3v) is 3.97. The molecule has 0 bridgehead atoms. The van der Waals surface area contributed by atoms with Crippen LogP contribution in [-0.2, 0) is 4.74 Å². The lowest BCUT2D eigenvalue weighted by molar-refractivity contribution is -0.0439. The molecule has 0 spiro atoms. The molecule has 2 unspecified atom stereocenters. The van der Waals surface area contributed by atoms with E-state index >= 15 is 0 Å². The van der Waals surface area contributed by atoms with E-state index < -0.39 is 0 Å². The second kappa shape index (κ2) is 4.70. The van der Waals surface area contributed by atoms with Gasteiger partial charge in [-0.3, -0.25) is 4.79 Å². The van der Waals surface area contributed by atoms with E-state index in [0.29, 0.717) is 13.2 Å². The molecule has 1 aliphatic rings. The van der Waals surface area contributed by atoms with Crippen LogP contribution in [0.1, 0.15) is 24.2 Å². The summed E-state index contributed by atoms with van der Waals surface area (Å²) in [5, 5.41) is 0.985. The number of aromatic nitrogens is 1. The van der Waals surface area contributed by atoms with E-state index in [1.807, 2.05) is 49.2 Å². The van der Waals surface area contributed by atoms with E-state index in [2.05, 4.69) is 4.98 Å². The van der Waals surface area contributed by atoms with Gasteiger partial charge in [0.2, 0.25) is 0 Å². The van der Waals surface area contributed by atoms with Gasteiger partial charge in [-0.2, -0.15) is 0 Å². The van der Waals surface area contributed by atoms with Gasteiger partial charge in [-0.25, -0.2) is 0 Å². The van der Waals surface area contributed by atoms with E-state index in [1.165, 1.54) is 0 Å². The minimum absolute atomic E-state index is 0.0862. The Bertz CT molecular complexity index is 605. The highest BCUT2D eigenvalue weighted by molar-refractivity contribution is 6.06. The first-order valence-electron chi connectivity index (χ1n) is 6.67. The van der Waals surface area contributed by atoms with Crippen molar-refractivity contribution in [3.63, 3.8) is 0 Å². The van der Waals surface area contributed by atoms with Gasteiger partial charge >= 0.3 is 0 Å². The van der Waals surface area contributed by atoms with E-state index in [4.69, 9.17) is 4.74 Å². The minimum Gasteiger partial charge on any atom is -0.375 e. The number of hydrogen-bond donors (Lipinski definition) is 1. The molecular weight excluding hydrogens is 240 g/mol. The smallest absolute Gasteiger partial charge is 0.254 e. The number of benzene rings is 1. The Morgan fingerprint density at radius 3 is 3.05 bits per heavy atom. The first-order valence-corrected chi connectivity index (χ1v) is 6.67. The molecule has 0 saturated carbocycles. The highest BCUT2D eigenvalue weighted by atomic mass is 16.5. The first kappa shape index (κ1) is 12.2. The van der Waals surface area contributed by atoms with E-state index in [0.717, 1.165) is 16.5 Å². The van der Waals surface area contributed by atoms with Gasteiger partial charge in [-0.05, 0) is 32.0 Å². The number of ether oxygens (including phenoxy) is 1. The number of hydrogen-bond acceptors (Lipinski definition) is 2. The number of amides is 1. The predicted octanol–water partition coefficient (Wildman–Crippen LogP) is 2.42. The highest BCUT2D eigenvalue weighted by Gasteiger charge is 2.30. The number of fused-ring (bicyclic) bond motifs is 1. The maximum Gasteiger partial charge on any atom is 0.254 e. The second-order valence-corrected chi connectivity index (χ2v) is 5.06. The van der Waals surface area contributed by atoms with Crippen LogP contribution in [0.4, 0.5) is 0 Å². The monoisotopic (exact) mass is 258 g/mol. The summed E-state index contributed by atoms with van der Waals surface area (Å²) in [5.41, 5.74) is 1.76. The molecule has 4 nitrogen and oxygen atoms in total. The highest BCUT2D eigenvalue weighted by Crippen LogP contribution is 2.22. The van der Waals surface area contributed by atoms with Gasteiger partial charge in [0.15, 0.2) is 0 Å². The fourth-order valence-corrected chi connectivity index (χ4v) is 2.65. The second-order valence-electron chi connectivity index (χ2n) is 5.06. The van der Waals surface area contributed by atoms with Crippen LogP contribution in [0.15, 0.2) is 30.5 Å². The SMILES string of the molecule is CC1OCCN(C(=O)c2cccc3[nH]ccc23)C1C.